The van der Waals surface area contributed by atoms with E-state index in [-0.39, 0.29) is 23.8 Å². The molecule has 6 nitrogen and oxygen atoms in total. The first-order valence-electron chi connectivity index (χ1n) is 10.5. The zero-order valence-electron chi connectivity index (χ0n) is 17.5. The number of ether oxygens (including phenoxy) is 1. The standard InChI is InChI=1S/C24H24BrN3O3/c1-13-10-14(2)19(18(29)11-13)21-20-22(27-26-21)24(30)28(12-17-4-3-9-31-17)23(20)15-5-7-16(25)8-6-15/h5-8,10-11,17,23,29H,3-4,9,12H2,1-2H3,(H,26,27). The fourth-order valence-corrected chi connectivity index (χ4v) is 5.09. The number of aryl methyl sites for hydroxylation is 2. The van der Waals surface area contributed by atoms with Gasteiger partial charge in [0, 0.05) is 28.8 Å². The van der Waals surface area contributed by atoms with Gasteiger partial charge in [0.1, 0.15) is 17.1 Å². The molecule has 2 N–H and O–H groups in total. The van der Waals surface area contributed by atoms with Crippen molar-refractivity contribution in [2.24, 2.45) is 0 Å². The van der Waals surface area contributed by atoms with E-state index in [2.05, 4.69) is 26.1 Å². The van der Waals surface area contributed by atoms with Crippen LogP contribution in [0, 0.1) is 13.8 Å². The zero-order valence-corrected chi connectivity index (χ0v) is 19.1. The van der Waals surface area contributed by atoms with Crippen LogP contribution in [-0.2, 0) is 4.74 Å². The number of nitrogens with zero attached hydrogens (tertiary/aromatic N) is 2. The Labute approximate surface area is 189 Å². The summed E-state index contributed by atoms with van der Waals surface area (Å²) in [6.45, 7) is 5.17. The van der Waals surface area contributed by atoms with E-state index in [0.29, 0.717) is 23.5 Å². The van der Waals surface area contributed by atoms with Gasteiger partial charge in [-0.15, -0.1) is 0 Å². The molecule has 2 unspecified atom stereocenters. The molecule has 0 saturated carbocycles. The van der Waals surface area contributed by atoms with Crippen LogP contribution in [0.15, 0.2) is 40.9 Å². The number of carbonyl (C=O) groups is 1. The summed E-state index contributed by atoms with van der Waals surface area (Å²) in [4.78, 5) is 15.3. The molecule has 0 radical (unpaired) electrons. The van der Waals surface area contributed by atoms with E-state index < -0.39 is 0 Å². The summed E-state index contributed by atoms with van der Waals surface area (Å²) in [5.41, 5.74) is 5.49. The second kappa shape index (κ2) is 7.80. The van der Waals surface area contributed by atoms with Gasteiger partial charge in [0.25, 0.3) is 5.91 Å². The van der Waals surface area contributed by atoms with Crippen LogP contribution < -0.4 is 0 Å². The molecule has 31 heavy (non-hydrogen) atoms. The maximum Gasteiger partial charge on any atom is 0.273 e. The number of aromatic nitrogens is 2. The second-order valence-electron chi connectivity index (χ2n) is 8.38. The highest BCUT2D eigenvalue weighted by Crippen LogP contribution is 2.46. The van der Waals surface area contributed by atoms with Gasteiger partial charge in [0.2, 0.25) is 0 Å². The molecule has 5 rings (SSSR count). The van der Waals surface area contributed by atoms with Crippen LogP contribution in [0.5, 0.6) is 5.75 Å². The van der Waals surface area contributed by atoms with Gasteiger partial charge < -0.3 is 14.7 Å². The molecule has 3 aromatic rings. The molecule has 0 spiro atoms. The number of rotatable bonds is 4. The van der Waals surface area contributed by atoms with Crippen molar-refractivity contribution in [3.05, 3.63) is 68.8 Å². The molecule has 2 aliphatic rings. The van der Waals surface area contributed by atoms with E-state index in [1.54, 1.807) is 6.07 Å². The lowest BCUT2D eigenvalue weighted by Gasteiger charge is -2.28. The molecule has 1 amide bonds. The Morgan fingerprint density at radius 2 is 2.03 bits per heavy atom. The number of hydrogen-bond acceptors (Lipinski definition) is 4. The summed E-state index contributed by atoms with van der Waals surface area (Å²) in [5, 5.41) is 18.2. The molecular weight excluding hydrogens is 458 g/mol. The number of amides is 1. The molecule has 0 bridgehead atoms. The summed E-state index contributed by atoms with van der Waals surface area (Å²) >= 11 is 3.50. The average Bonchev–Trinajstić information content (AvgIpc) is 3.43. The first-order chi connectivity index (χ1) is 14.9. The van der Waals surface area contributed by atoms with Gasteiger partial charge in [0.05, 0.1) is 12.1 Å². The van der Waals surface area contributed by atoms with Crippen LogP contribution in [0.25, 0.3) is 11.3 Å². The third kappa shape index (κ3) is 3.46. The van der Waals surface area contributed by atoms with Crippen molar-refractivity contribution >= 4 is 21.8 Å². The Bertz CT molecular complexity index is 1130. The lowest BCUT2D eigenvalue weighted by atomic mass is 9.93. The number of hydrogen-bond donors (Lipinski definition) is 2. The van der Waals surface area contributed by atoms with Gasteiger partial charge in [-0.2, -0.15) is 5.10 Å². The molecule has 2 atom stereocenters. The predicted molar refractivity (Wildman–Crippen MR) is 121 cm³/mol. The Morgan fingerprint density at radius 1 is 1.26 bits per heavy atom. The summed E-state index contributed by atoms with van der Waals surface area (Å²) in [6.07, 6.45) is 2.01. The van der Waals surface area contributed by atoms with E-state index in [9.17, 15) is 9.90 Å². The van der Waals surface area contributed by atoms with E-state index >= 15 is 0 Å². The third-order valence-corrected chi connectivity index (χ3v) is 6.70. The van der Waals surface area contributed by atoms with Gasteiger partial charge in [-0.25, -0.2) is 0 Å². The maximum absolute atomic E-state index is 13.4. The van der Waals surface area contributed by atoms with Crippen molar-refractivity contribution in [1.29, 1.82) is 0 Å². The number of benzene rings is 2. The summed E-state index contributed by atoms with van der Waals surface area (Å²) in [5.74, 6) is 0.0906. The van der Waals surface area contributed by atoms with Gasteiger partial charge >= 0.3 is 0 Å². The minimum absolute atomic E-state index is 0.0387. The van der Waals surface area contributed by atoms with Crippen molar-refractivity contribution in [1.82, 2.24) is 15.1 Å². The van der Waals surface area contributed by atoms with E-state index in [1.807, 2.05) is 49.1 Å². The van der Waals surface area contributed by atoms with Crippen molar-refractivity contribution in [2.75, 3.05) is 13.2 Å². The summed E-state index contributed by atoms with van der Waals surface area (Å²) < 4.78 is 6.82. The molecule has 2 aromatic carbocycles. The van der Waals surface area contributed by atoms with Gasteiger partial charge in [-0.05, 0) is 61.6 Å². The molecule has 1 saturated heterocycles. The Hall–Kier alpha value is -2.64. The molecule has 7 heteroatoms. The van der Waals surface area contributed by atoms with E-state index in [1.165, 1.54) is 0 Å². The second-order valence-corrected chi connectivity index (χ2v) is 9.30. The lowest BCUT2D eigenvalue weighted by molar-refractivity contribution is 0.0495. The molecule has 1 aromatic heterocycles. The number of H-pyrrole nitrogens is 1. The van der Waals surface area contributed by atoms with E-state index in [4.69, 9.17) is 4.74 Å². The molecule has 2 aliphatic heterocycles. The lowest BCUT2D eigenvalue weighted by Crippen LogP contribution is -2.36. The zero-order chi connectivity index (χ0) is 21.7. The Balaban J connectivity index is 1.66. The van der Waals surface area contributed by atoms with Crippen molar-refractivity contribution < 1.29 is 14.6 Å². The van der Waals surface area contributed by atoms with E-state index in [0.717, 1.165) is 46.2 Å². The first kappa shape index (κ1) is 20.3. The van der Waals surface area contributed by atoms with Crippen molar-refractivity contribution in [3.63, 3.8) is 0 Å². The highest BCUT2D eigenvalue weighted by atomic mass is 79.9. The highest BCUT2D eigenvalue weighted by molar-refractivity contribution is 9.10. The monoisotopic (exact) mass is 481 g/mol. The fourth-order valence-electron chi connectivity index (χ4n) is 4.83. The smallest absolute Gasteiger partial charge is 0.273 e. The van der Waals surface area contributed by atoms with Gasteiger partial charge in [-0.1, -0.05) is 34.1 Å². The molecular formula is C24H24BrN3O3. The number of fused-ring (bicyclic) bond motifs is 1. The van der Waals surface area contributed by atoms with Crippen molar-refractivity contribution in [2.45, 2.75) is 38.8 Å². The average molecular weight is 482 g/mol. The quantitative estimate of drug-likeness (QED) is 0.556. The largest absolute Gasteiger partial charge is 0.507 e. The number of aromatic amines is 1. The van der Waals surface area contributed by atoms with Crippen molar-refractivity contribution in [3.8, 4) is 17.0 Å². The molecule has 1 fully saturated rings. The van der Waals surface area contributed by atoms with Crippen LogP contribution in [-0.4, -0.2) is 45.4 Å². The van der Waals surface area contributed by atoms with Crippen LogP contribution >= 0.6 is 15.9 Å². The Kier molecular flexibility index (Phi) is 5.10. The number of phenols is 1. The van der Waals surface area contributed by atoms with Crippen LogP contribution in [0.4, 0.5) is 0 Å². The fraction of sp³-hybridized carbons (Fsp3) is 0.333. The third-order valence-electron chi connectivity index (χ3n) is 6.17. The SMILES string of the molecule is Cc1cc(C)c(-c2n[nH]c3c2C(c2ccc(Br)cc2)N(CC2CCCO2)C3=O)c(O)c1. The summed E-state index contributed by atoms with van der Waals surface area (Å²) in [7, 11) is 0. The molecule has 0 aliphatic carbocycles. The van der Waals surface area contributed by atoms with Gasteiger partial charge in [-0.3, -0.25) is 9.89 Å². The number of carbonyl (C=O) groups excluding carboxylic acids is 1. The maximum atomic E-state index is 13.4. The molecule has 3 heterocycles. The molecule has 160 valence electrons. The number of nitrogens with one attached hydrogen (secondary N) is 1. The van der Waals surface area contributed by atoms with Crippen LogP contribution in [0.3, 0.4) is 0 Å². The minimum Gasteiger partial charge on any atom is -0.507 e. The number of phenolic OH excluding ortho intramolecular Hbond substituents is 1. The number of aromatic hydroxyl groups is 1. The predicted octanol–water partition coefficient (Wildman–Crippen LogP) is 4.89. The highest BCUT2D eigenvalue weighted by Gasteiger charge is 2.43. The van der Waals surface area contributed by atoms with Crippen LogP contribution in [0.1, 0.15) is 51.6 Å². The first-order valence-corrected chi connectivity index (χ1v) is 11.3. The Morgan fingerprint density at radius 3 is 2.71 bits per heavy atom. The summed E-state index contributed by atoms with van der Waals surface area (Å²) in [6, 6.07) is 11.5. The van der Waals surface area contributed by atoms with Gasteiger partial charge in [0.15, 0.2) is 0 Å². The van der Waals surface area contributed by atoms with Crippen LogP contribution in [0.2, 0.25) is 0 Å². The minimum atomic E-state index is -0.298. The normalized spacial score (nSPS) is 20.5. The number of halogens is 1. The topological polar surface area (TPSA) is 78.5 Å².